The first-order valence-electron chi connectivity index (χ1n) is 7.83. The van der Waals surface area contributed by atoms with E-state index in [0.29, 0.717) is 22.3 Å². The summed E-state index contributed by atoms with van der Waals surface area (Å²) in [4.78, 5) is 35.9. The first kappa shape index (κ1) is 19.3. The van der Waals surface area contributed by atoms with Crippen LogP contribution in [0.15, 0.2) is 66.7 Å². The van der Waals surface area contributed by atoms with Crippen molar-refractivity contribution < 1.29 is 14.4 Å². The van der Waals surface area contributed by atoms with Crippen molar-refractivity contribution in [2.24, 2.45) is 0 Å². The average molecular weight is 418 g/mol. The van der Waals surface area contributed by atoms with Crippen LogP contribution in [0.1, 0.15) is 31.1 Å². The monoisotopic (exact) mass is 416 g/mol. The fourth-order valence-corrected chi connectivity index (χ4v) is 3.52. The molecule has 0 aliphatic carbocycles. The van der Waals surface area contributed by atoms with E-state index in [1.165, 1.54) is 0 Å². The van der Waals surface area contributed by atoms with Crippen LogP contribution in [0.2, 0.25) is 0 Å². The van der Waals surface area contributed by atoms with Crippen molar-refractivity contribution in [3.63, 3.8) is 0 Å². The molecule has 0 bridgehead atoms. The Labute approximate surface area is 170 Å². The summed E-state index contributed by atoms with van der Waals surface area (Å²) in [5, 5.41) is -2.03. The molecule has 0 aromatic heterocycles. The van der Waals surface area contributed by atoms with Gasteiger partial charge in [0, 0.05) is 16.7 Å². The predicted octanol–water partition coefficient (Wildman–Crippen LogP) is 6.16. The maximum Gasteiger partial charge on any atom is 0.253 e. The molecular weight excluding hydrogens is 407 g/mol. The fourth-order valence-electron chi connectivity index (χ4n) is 2.99. The maximum absolute atomic E-state index is 12.3. The molecule has 3 aromatic rings. The Balaban J connectivity index is 2.36. The number of carbonyl (C=O) groups excluding carboxylic acids is 3. The number of halogens is 3. The highest BCUT2D eigenvalue weighted by Crippen LogP contribution is 2.37. The van der Waals surface area contributed by atoms with E-state index < -0.39 is 15.7 Å². The van der Waals surface area contributed by atoms with E-state index in [1.54, 1.807) is 66.7 Å². The standard InChI is InChI=1S/C21H11Cl3O3/c22-19(25)16-8-3-1-6-12(16)14-10-5-11-15(18(14)21(24)27)13-7-2-4-9-17(13)20(23)26/h1-11H. The lowest BCUT2D eigenvalue weighted by Crippen LogP contribution is -2.03. The van der Waals surface area contributed by atoms with Gasteiger partial charge in [-0.15, -0.1) is 0 Å². The topological polar surface area (TPSA) is 51.2 Å². The summed E-state index contributed by atoms with van der Waals surface area (Å²) in [5.41, 5.74) is 2.48. The van der Waals surface area contributed by atoms with Gasteiger partial charge >= 0.3 is 0 Å². The Morgan fingerprint density at radius 3 is 1.22 bits per heavy atom. The summed E-state index contributed by atoms with van der Waals surface area (Å²) in [6.45, 7) is 0. The third kappa shape index (κ3) is 3.81. The van der Waals surface area contributed by atoms with Gasteiger partial charge in [0.25, 0.3) is 15.7 Å². The van der Waals surface area contributed by atoms with Gasteiger partial charge in [-0.05, 0) is 69.2 Å². The zero-order valence-electron chi connectivity index (χ0n) is 13.7. The van der Waals surface area contributed by atoms with Crippen LogP contribution in [0, 0.1) is 0 Å². The van der Waals surface area contributed by atoms with Gasteiger partial charge in [-0.2, -0.15) is 0 Å². The molecule has 0 N–H and O–H groups in total. The Bertz CT molecular complexity index is 998. The molecule has 0 atom stereocenters. The van der Waals surface area contributed by atoms with Crippen LogP contribution in [-0.2, 0) is 0 Å². The highest BCUT2D eigenvalue weighted by Gasteiger charge is 2.22. The van der Waals surface area contributed by atoms with Crippen molar-refractivity contribution in [2.75, 3.05) is 0 Å². The van der Waals surface area contributed by atoms with Gasteiger partial charge < -0.3 is 0 Å². The zero-order valence-corrected chi connectivity index (χ0v) is 16.0. The SMILES string of the molecule is O=C(Cl)c1ccccc1-c1cccc(-c2ccccc2C(=O)Cl)c1C(=O)Cl. The van der Waals surface area contributed by atoms with Crippen molar-refractivity contribution in [2.45, 2.75) is 0 Å². The average Bonchev–Trinajstić information content (AvgIpc) is 2.67. The molecule has 0 unspecified atom stereocenters. The summed E-state index contributed by atoms with van der Waals surface area (Å²) in [6.07, 6.45) is 0. The van der Waals surface area contributed by atoms with Gasteiger partial charge in [-0.3, -0.25) is 14.4 Å². The molecule has 6 heteroatoms. The molecule has 0 saturated carbocycles. The molecule has 0 spiro atoms. The molecule has 0 aliphatic rings. The second kappa shape index (κ2) is 8.05. The van der Waals surface area contributed by atoms with Crippen LogP contribution in [0.3, 0.4) is 0 Å². The molecule has 3 rings (SSSR count). The van der Waals surface area contributed by atoms with E-state index in [2.05, 4.69) is 0 Å². The van der Waals surface area contributed by atoms with Gasteiger partial charge in [0.15, 0.2) is 0 Å². The number of carbonyl (C=O) groups is 3. The van der Waals surface area contributed by atoms with E-state index in [9.17, 15) is 14.4 Å². The zero-order chi connectivity index (χ0) is 19.6. The third-order valence-electron chi connectivity index (χ3n) is 4.12. The molecule has 0 amide bonds. The molecule has 0 aliphatic heterocycles. The summed E-state index contributed by atoms with van der Waals surface area (Å²) < 4.78 is 0. The molecule has 3 nitrogen and oxygen atoms in total. The number of benzene rings is 3. The summed E-state index contributed by atoms with van der Waals surface area (Å²) in [6, 6.07) is 18.3. The third-order valence-corrected chi connectivity index (χ3v) is 4.72. The quantitative estimate of drug-likeness (QED) is 0.467. The molecule has 0 heterocycles. The van der Waals surface area contributed by atoms with Crippen molar-refractivity contribution >= 4 is 50.5 Å². The Hall–Kier alpha value is -2.46. The van der Waals surface area contributed by atoms with Crippen molar-refractivity contribution in [3.05, 3.63) is 83.4 Å². The molecule has 0 saturated heterocycles. The van der Waals surface area contributed by atoms with Crippen molar-refractivity contribution in [1.82, 2.24) is 0 Å². The first-order valence-corrected chi connectivity index (χ1v) is 8.96. The van der Waals surface area contributed by atoms with Crippen LogP contribution >= 0.6 is 34.8 Å². The van der Waals surface area contributed by atoms with Crippen molar-refractivity contribution in [1.29, 1.82) is 0 Å². The largest absolute Gasteiger partial charge is 0.276 e. The summed E-state index contributed by atoms with van der Waals surface area (Å²) >= 11 is 17.3. The lowest BCUT2D eigenvalue weighted by atomic mass is 9.89. The lowest BCUT2D eigenvalue weighted by Gasteiger charge is -2.15. The minimum atomic E-state index is -0.728. The summed E-state index contributed by atoms with van der Waals surface area (Å²) in [7, 11) is 0. The molecule has 3 aromatic carbocycles. The van der Waals surface area contributed by atoms with Crippen molar-refractivity contribution in [3.8, 4) is 22.3 Å². The minimum Gasteiger partial charge on any atom is -0.276 e. The number of rotatable bonds is 5. The predicted molar refractivity (Wildman–Crippen MR) is 108 cm³/mol. The van der Waals surface area contributed by atoms with E-state index in [-0.39, 0.29) is 16.7 Å². The normalized spacial score (nSPS) is 10.5. The Morgan fingerprint density at radius 2 is 0.852 bits per heavy atom. The molecule has 0 fully saturated rings. The first-order chi connectivity index (χ1) is 12.9. The van der Waals surface area contributed by atoms with Crippen LogP contribution in [-0.4, -0.2) is 15.7 Å². The van der Waals surface area contributed by atoms with Crippen LogP contribution in [0.5, 0.6) is 0 Å². The molecular formula is C21H11Cl3O3. The van der Waals surface area contributed by atoms with E-state index in [1.807, 2.05) is 0 Å². The maximum atomic E-state index is 12.3. The summed E-state index contributed by atoms with van der Waals surface area (Å²) in [5.74, 6) is 0. The minimum absolute atomic E-state index is 0.162. The molecule has 0 radical (unpaired) electrons. The van der Waals surface area contributed by atoms with E-state index in [4.69, 9.17) is 34.8 Å². The second-order valence-electron chi connectivity index (χ2n) is 5.64. The highest BCUT2D eigenvalue weighted by molar-refractivity contribution is 6.70. The van der Waals surface area contributed by atoms with E-state index in [0.717, 1.165) is 0 Å². The van der Waals surface area contributed by atoms with Gasteiger partial charge in [-0.1, -0.05) is 54.6 Å². The van der Waals surface area contributed by atoms with Gasteiger partial charge in [0.05, 0.1) is 0 Å². The van der Waals surface area contributed by atoms with Crippen LogP contribution in [0.4, 0.5) is 0 Å². The van der Waals surface area contributed by atoms with Gasteiger partial charge in [0.1, 0.15) is 0 Å². The fraction of sp³-hybridized carbons (Fsp3) is 0. The second-order valence-corrected chi connectivity index (χ2v) is 6.67. The smallest absolute Gasteiger partial charge is 0.253 e. The Morgan fingerprint density at radius 1 is 0.481 bits per heavy atom. The van der Waals surface area contributed by atoms with Crippen LogP contribution in [0.25, 0.3) is 22.3 Å². The number of hydrogen-bond acceptors (Lipinski definition) is 3. The van der Waals surface area contributed by atoms with Gasteiger partial charge in [0.2, 0.25) is 0 Å². The van der Waals surface area contributed by atoms with E-state index >= 15 is 0 Å². The van der Waals surface area contributed by atoms with Gasteiger partial charge in [-0.25, -0.2) is 0 Å². The number of hydrogen-bond donors (Lipinski definition) is 0. The van der Waals surface area contributed by atoms with Crippen LogP contribution < -0.4 is 0 Å². The lowest BCUT2D eigenvalue weighted by molar-refractivity contribution is 0.107. The Kier molecular flexibility index (Phi) is 5.76. The molecule has 134 valence electrons. The molecule has 27 heavy (non-hydrogen) atoms. The highest BCUT2D eigenvalue weighted by atomic mass is 35.5.